The van der Waals surface area contributed by atoms with Gasteiger partial charge in [0.05, 0.1) is 12.4 Å². The molecule has 4 atom stereocenters. The summed E-state index contributed by atoms with van der Waals surface area (Å²) in [4.78, 5) is 24.3. The van der Waals surface area contributed by atoms with Gasteiger partial charge in [-0.25, -0.2) is 4.98 Å². The predicted molar refractivity (Wildman–Crippen MR) is 118 cm³/mol. The third-order valence-electron chi connectivity index (χ3n) is 6.45. The topological polar surface area (TPSA) is 68.7 Å². The number of aryl methyl sites for hydroxylation is 1. The van der Waals surface area contributed by atoms with Crippen LogP contribution in [0.1, 0.15) is 42.6 Å². The zero-order valence-corrected chi connectivity index (χ0v) is 18.5. The first-order valence-electron chi connectivity index (χ1n) is 10.7. The van der Waals surface area contributed by atoms with Crippen molar-refractivity contribution in [2.24, 2.45) is 5.92 Å². The highest BCUT2D eigenvalue weighted by Crippen LogP contribution is 2.35. The maximum absolute atomic E-state index is 12.9. The lowest BCUT2D eigenvalue weighted by Crippen LogP contribution is -3.10. The van der Waals surface area contributed by atoms with E-state index in [4.69, 9.17) is 14.5 Å². The van der Waals surface area contributed by atoms with Crippen LogP contribution in [0.5, 0.6) is 11.5 Å². The van der Waals surface area contributed by atoms with Gasteiger partial charge in [0.2, 0.25) is 0 Å². The van der Waals surface area contributed by atoms with Gasteiger partial charge in [-0.15, -0.1) is 11.3 Å². The number of aromatic amines is 1. The first-order chi connectivity index (χ1) is 14.5. The zero-order chi connectivity index (χ0) is 20.8. The molecule has 1 aromatic carbocycles. The fourth-order valence-electron chi connectivity index (χ4n) is 4.50. The minimum atomic E-state index is -0.0339. The van der Waals surface area contributed by atoms with Crippen molar-refractivity contribution in [2.75, 3.05) is 20.2 Å². The van der Waals surface area contributed by atoms with E-state index in [0.29, 0.717) is 12.5 Å². The molecule has 0 saturated heterocycles. The molecule has 1 aliphatic carbocycles. The Morgan fingerprint density at radius 2 is 2.13 bits per heavy atom. The summed E-state index contributed by atoms with van der Waals surface area (Å²) in [7, 11) is 2.11. The largest absolute Gasteiger partial charge is 0.486 e. The summed E-state index contributed by atoms with van der Waals surface area (Å²) in [6.07, 6.45) is 3.16. The van der Waals surface area contributed by atoms with E-state index in [1.54, 1.807) is 11.3 Å². The number of nitrogens with zero attached hydrogens (tertiary/aromatic N) is 1. The Bertz CT molecular complexity index is 1140. The van der Waals surface area contributed by atoms with Crippen LogP contribution < -0.4 is 19.9 Å². The lowest BCUT2D eigenvalue weighted by molar-refractivity contribution is -0.913. The molecule has 0 saturated carbocycles. The molecule has 0 bridgehead atoms. The Labute approximate surface area is 179 Å². The van der Waals surface area contributed by atoms with E-state index in [0.717, 1.165) is 53.3 Å². The van der Waals surface area contributed by atoms with Crippen LogP contribution in [0.4, 0.5) is 0 Å². The highest BCUT2D eigenvalue weighted by Gasteiger charge is 2.29. The van der Waals surface area contributed by atoms with E-state index in [1.165, 1.54) is 15.3 Å². The first-order valence-corrected chi connectivity index (χ1v) is 11.6. The number of quaternary nitrogens is 1. The molecule has 5 rings (SSSR count). The minimum Gasteiger partial charge on any atom is -0.486 e. The molecule has 2 aliphatic rings. The lowest BCUT2D eigenvalue weighted by atomic mass is 9.89. The number of likely N-dealkylation sites (N-methyl/N-ethyl adjacent to an activating group) is 1. The number of fused-ring (bicyclic) bond motifs is 4. The zero-order valence-electron chi connectivity index (χ0n) is 17.7. The molecule has 2 aromatic heterocycles. The van der Waals surface area contributed by atoms with Gasteiger partial charge in [0.15, 0.2) is 23.4 Å². The van der Waals surface area contributed by atoms with Gasteiger partial charge in [0.25, 0.3) is 5.56 Å². The number of thiophene rings is 1. The first kappa shape index (κ1) is 19.6. The van der Waals surface area contributed by atoms with E-state index >= 15 is 0 Å². The molecule has 3 aromatic rings. The molecule has 7 heteroatoms. The smallest absolute Gasteiger partial charge is 0.260 e. The second-order valence-electron chi connectivity index (χ2n) is 8.75. The summed E-state index contributed by atoms with van der Waals surface area (Å²) in [5.74, 6) is 3.02. The SMILES string of the molecule is C[C@@H]1CCc2c(sc3nc([C@H](C)[NH+](C)C[C@@H]4COc5ccccc5O4)[nH]c(=O)c23)C1. The number of hydrogen-bond acceptors (Lipinski definition) is 5. The number of hydrogen-bond donors (Lipinski definition) is 2. The Kier molecular flexibility index (Phi) is 5.03. The summed E-state index contributed by atoms with van der Waals surface area (Å²) < 4.78 is 12.0. The van der Waals surface area contributed by atoms with Crippen LogP contribution in [0, 0.1) is 5.92 Å². The third-order valence-corrected chi connectivity index (χ3v) is 7.60. The number of aromatic nitrogens is 2. The Balaban J connectivity index is 1.35. The Morgan fingerprint density at radius 3 is 2.97 bits per heavy atom. The minimum absolute atomic E-state index is 0.00730. The van der Waals surface area contributed by atoms with Crippen molar-refractivity contribution >= 4 is 21.6 Å². The van der Waals surface area contributed by atoms with Gasteiger partial charge in [-0.1, -0.05) is 19.1 Å². The van der Waals surface area contributed by atoms with Crippen LogP contribution in [0.25, 0.3) is 10.2 Å². The van der Waals surface area contributed by atoms with Gasteiger partial charge in [-0.3, -0.25) is 4.79 Å². The average molecular weight is 427 g/mol. The molecular formula is C23H28N3O3S+. The number of H-pyrrole nitrogens is 1. The van der Waals surface area contributed by atoms with Crippen LogP contribution in [-0.2, 0) is 12.8 Å². The number of ether oxygens (including phenoxy) is 2. The summed E-state index contributed by atoms with van der Waals surface area (Å²) in [5.41, 5.74) is 1.24. The fourth-order valence-corrected chi connectivity index (χ4v) is 5.89. The monoisotopic (exact) mass is 426 g/mol. The normalized spacial score (nSPS) is 22.5. The molecule has 6 nitrogen and oxygen atoms in total. The second kappa shape index (κ2) is 7.71. The predicted octanol–water partition coefficient (Wildman–Crippen LogP) is 2.53. The van der Waals surface area contributed by atoms with Crippen molar-refractivity contribution in [1.82, 2.24) is 9.97 Å². The maximum atomic E-state index is 12.9. The highest BCUT2D eigenvalue weighted by molar-refractivity contribution is 7.18. The Morgan fingerprint density at radius 1 is 1.33 bits per heavy atom. The maximum Gasteiger partial charge on any atom is 0.260 e. The van der Waals surface area contributed by atoms with Crippen molar-refractivity contribution in [3.05, 3.63) is 50.9 Å². The average Bonchev–Trinajstić information content (AvgIpc) is 3.10. The molecule has 3 heterocycles. The van der Waals surface area contributed by atoms with Crippen LogP contribution in [0.15, 0.2) is 29.1 Å². The molecule has 158 valence electrons. The molecule has 0 spiro atoms. The highest BCUT2D eigenvalue weighted by atomic mass is 32.1. The van der Waals surface area contributed by atoms with E-state index in [-0.39, 0.29) is 17.7 Å². The molecule has 30 heavy (non-hydrogen) atoms. The Hall–Kier alpha value is -2.38. The van der Waals surface area contributed by atoms with E-state index < -0.39 is 0 Å². The summed E-state index contributed by atoms with van der Waals surface area (Å²) in [6, 6.07) is 7.81. The number of nitrogens with one attached hydrogen (secondary N) is 2. The number of rotatable bonds is 4. The number of para-hydroxylation sites is 2. The van der Waals surface area contributed by atoms with Crippen LogP contribution in [-0.4, -0.2) is 36.3 Å². The lowest BCUT2D eigenvalue weighted by Gasteiger charge is -2.29. The van der Waals surface area contributed by atoms with E-state index in [2.05, 4.69) is 25.9 Å². The molecule has 0 radical (unpaired) electrons. The molecule has 1 unspecified atom stereocenters. The van der Waals surface area contributed by atoms with Crippen LogP contribution in [0.2, 0.25) is 0 Å². The van der Waals surface area contributed by atoms with Gasteiger partial charge in [0.1, 0.15) is 24.0 Å². The number of benzene rings is 1. The summed E-state index contributed by atoms with van der Waals surface area (Å²) in [5, 5.41) is 0.816. The van der Waals surface area contributed by atoms with Crippen molar-refractivity contribution < 1.29 is 14.4 Å². The van der Waals surface area contributed by atoms with Crippen molar-refractivity contribution in [3.63, 3.8) is 0 Å². The second-order valence-corrected chi connectivity index (χ2v) is 9.84. The van der Waals surface area contributed by atoms with Crippen molar-refractivity contribution in [3.8, 4) is 11.5 Å². The van der Waals surface area contributed by atoms with Crippen LogP contribution >= 0.6 is 11.3 Å². The van der Waals surface area contributed by atoms with Gasteiger partial charge in [0, 0.05) is 4.88 Å². The van der Waals surface area contributed by atoms with Gasteiger partial charge < -0.3 is 19.4 Å². The summed E-state index contributed by atoms with van der Waals surface area (Å²) in [6.45, 7) is 5.68. The van der Waals surface area contributed by atoms with Crippen LogP contribution in [0.3, 0.4) is 0 Å². The molecule has 2 N–H and O–H groups in total. The molecule has 1 aliphatic heterocycles. The van der Waals surface area contributed by atoms with Crippen molar-refractivity contribution in [1.29, 1.82) is 0 Å². The van der Waals surface area contributed by atoms with Crippen molar-refractivity contribution in [2.45, 2.75) is 45.3 Å². The summed E-state index contributed by atoms with van der Waals surface area (Å²) >= 11 is 1.70. The van der Waals surface area contributed by atoms with Gasteiger partial charge in [-0.2, -0.15) is 0 Å². The van der Waals surface area contributed by atoms with E-state index in [9.17, 15) is 4.79 Å². The molecule has 0 amide bonds. The van der Waals surface area contributed by atoms with Gasteiger partial charge >= 0.3 is 0 Å². The van der Waals surface area contributed by atoms with Gasteiger partial charge in [-0.05, 0) is 49.8 Å². The third kappa shape index (κ3) is 3.50. The fraction of sp³-hybridized carbons (Fsp3) is 0.478. The quantitative estimate of drug-likeness (QED) is 0.673. The van der Waals surface area contributed by atoms with E-state index in [1.807, 2.05) is 24.3 Å². The standard InChI is InChI=1S/C23H27N3O3S/c1-13-8-9-16-19(10-13)30-23-20(16)22(27)24-21(25-23)14(2)26(3)11-15-12-28-17-6-4-5-7-18(17)29-15/h4-7,13-15H,8-12H2,1-3H3,(H,24,25,27)/p+1/t13-,14+,15-/m1/s1. The molecular weight excluding hydrogens is 398 g/mol. The molecule has 0 fully saturated rings.